The molecule has 2 N–H and O–H groups in total. The van der Waals surface area contributed by atoms with E-state index in [-0.39, 0.29) is 5.91 Å². The molecule has 2 saturated heterocycles. The van der Waals surface area contributed by atoms with Crippen LogP contribution in [0.4, 0.5) is 13.2 Å². The number of carbonyl (C=O) groups excluding carboxylic acids is 1. The summed E-state index contributed by atoms with van der Waals surface area (Å²) in [7, 11) is 0. The summed E-state index contributed by atoms with van der Waals surface area (Å²) < 4.78 is 31.7. The molecule has 0 aliphatic carbocycles. The van der Waals surface area contributed by atoms with Crippen molar-refractivity contribution in [1.29, 1.82) is 0 Å². The predicted molar refractivity (Wildman–Crippen MR) is 51.3 cm³/mol. The van der Waals surface area contributed by atoms with Crippen LogP contribution in [0.3, 0.4) is 0 Å². The molecule has 0 aromatic carbocycles. The maximum absolute atomic E-state index is 10.9. The molecule has 98 valence electrons. The largest absolute Gasteiger partial charge is 0.490 e. The summed E-state index contributed by atoms with van der Waals surface area (Å²) >= 11 is 0. The van der Waals surface area contributed by atoms with Crippen LogP contribution in [0.25, 0.3) is 0 Å². The summed E-state index contributed by atoms with van der Waals surface area (Å²) in [6.45, 7) is 3.61. The second-order valence-corrected chi connectivity index (χ2v) is 3.89. The molecule has 2 aliphatic rings. The molecular formula is C9H13F3N2O3. The van der Waals surface area contributed by atoms with Gasteiger partial charge in [-0.1, -0.05) is 0 Å². The van der Waals surface area contributed by atoms with Crippen molar-refractivity contribution >= 4 is 11.9 Å². The average molecular weight is 254 g/mol. The van der Waals surface area contributed by atoms with Gasteiger partial charge in [-0.15, -0.1) is 0 Å². The molecule has 0 aromatic heterocycles. The highest BCUT2D eigenvalue weighted by Gasteiger charge is 2.41. The fraction of sp³-hybridized carbons (Fsp3) is 0.778. The number of rotatable bonds is 0. The third-order valence-electron chi connectivity index (χ3n) is 2.78. The fourth-order valence-corrected chi connectivity index (χ4v) is 1.85. The summed E-state index contributed by atoms with van der Waals surface area (Å²) in [5, 5.41) is 10.4. The van der Waals surface area contributed by atoms with Crippen LogP contribution in [0, 0.1) is 0 Å². The van der Waals surface area contributed by atoms with Gasteiger partial charge in [0.2, 0.25) is 5.91 Å². The van der Waals surface area contributed by atoms with E-state index in [4.69, 9.17) is 9.90 Å². The van der Waals surface area contributed by atoms with E-state index in [1.165, 1.54) is 0 Å². The van der Waals surface area contributed by atoms with Gasteiger partial charge < -0.3 is 15.3 Å². The number of carboxylic acid groups (broad SMARTS) is 1. The van der Waals surface area contributed by atoms with Crippen LogP contribution in [0.2, 0.25) is 0 Å². The Morgan fingerprint density at radius 1 is 1.41 bits per heavy atom. The molecule has 0 unspecified atom stereocenters. The SMILES string of the molecule is CC(=O)N1CC[C@@H]2NC[C@@H]21.O=C(O)C(F)(F)F. The smallest absolute Gasteiger partial charge is 0.475 e. The maximum atomic E-state index is 10.9. The normalized spacial score (nSPS) is 26.5. The first-order chi connectivity index (χ1) is 7.73. The Morgan fingerprint density at radius 3 is 2.12 bits per heavy atom. The summed E-state index contributed by atoms with van der Waals surface area (Å²) in [6.07, 6.45) is -3.94. The lowest BCUT2D eigenvalue weighted by Gasteiger charge is -2.36. The highest BCUT2D eigenvalue weighted by Crippen LogP contribution is 2.23. The number of halogens is 3. The van der Waals surface area contributed by atoms with Crippen molar-refractivity contribution in [1.82, 2.24) is 10.2 Å². The van der Waals surface area contributed by atoms with Crippen LogP contribution in [0.5, 0.6) is 0 Å². The first kappa shape index (κ1) is 13.8. The second kappa shape index (κ2) is 4.91. The van der Waals surface area contributed by atoms with Gasteiger partial charge in [-0.3, -0.25) is 4.79 Å². The molecule has 2 rings (SSSR count). The van der Waals surface area contributed by atoms with Gasteiger partial charge in [0.15, 0.2) is 0 Å². The second-order valence-electron chi connectivity index (χ2n) is 3.89. The van der Waals surface area contributed by atoms with Crippen LogP contribution in [0.1, 0.15) is 13.3 Å². The molecule has 0 bridgehead atoms. The number of nitrogens with zero attached hydrogens (tertiary/aromatic N) is 1. The van der Waals surface area contributed by atoms with Gasteiger partial charge in [0.25, 0.3) is 0 Å². The summed E-state index contributed by atoms with van der Waals surface area (Å²) in [5.74, 6) is -2.53. The summed E-state index contributed by atoms with van der Waals surface area (Å²) in [4.78, 5) is 21.8. The Balaban J connectivity index is 0.000000185. The first-order valence-electron chi connectivity index (χ1n) is 5.04. The molecule has 8 heteroatoms. The first-order valence-corrected chi connectivity index (χ1v) is 5.04. The lowest BCUT2D eigenvalue weighted by atomic mass is 10.0. The van der Waals surface area contributed by atoms with E-state index in [0.29, 0.717) is 12.1 Å². The van der Waals surface area contributed by atoms with E-state index in [2.05, 4.69) is 5.32 Å². The van der Waals surface area contributed by atoms with Crippen molar-refractivity contribution in [2.45, 2.75) is 31.6 Å². The van der Waals surface area contributed by atoms with Crippen molar-refractivity contribution in [2.24, 2.45) is 0 Å². The van der Waals surface area contributed by atoms with Gasteiger partial charge in [-0.05, 0) is 6.42 Å². The molecule has 5 nitrogen and oxygen atoms in total. The molecule has 0 saturated carbocycles. The number of likely N-dealkylation sites (tertiary alicyclic amines) is 1. The van der Waals surface area contributed by atoms with Crippen molar-refractivity contribution in [2.75, 3.05) is 13.1 Å². The van der Waals surface area contributed by atoms with Crippen molar-refractivity contribution < 1.29 is 27.9 Å². The molecule has 2 fully saturated rings. The number of aliphatic carboxylic acids is 1. The van der Waals surface area contributed by atoms with Crippen LogP contribution >= 0.6 is 0 Å². The highest BCUT2D eigenvalue weighted by atomic mass is 19.4. The minimum atomic E-state index is -5.08. The van der Waals surface area contributed by atoms with Crippen LogP contribution in [-0.2, 0) is 9.59 Å². The minimum Gasteiger partial charge on any atom is -0.475 e. The lowest BCUT2D eigenvalue weighted by molar-refractivity contribution is -0.192. The Hall–Kier alpha value is -1.31. The monoisotopic (exact) mass is 254 g/mol. The molecule has 17 heavy (non-hydrogen) atoms. The summed E-state index contributed by atoms with van der Waals surface area (Å²) in [5.41, 5.74) is 0. The molecule has 0 aromatic rings. The van der Waals surface area contributed by atoms with Crippen LogP contribution in [0.15, 0.2) is 0 Å². The predicted octanol–water partition coefficient (Wildman–Crippen LogP) is 0.212. The zero-order valence-electron chi connectivity index (χ0n) is 9.12. The molecule has 2 atom stereocenters. The van der Waals surface area contributed by atoms with Gasteiger partial charge in [-0.25, -0.2) is 4.79 Å². The van der Waals surface area contributed by atoms with Gasteiger partial charge in [-0.2, -0.15) is 13.2 Å². The van der Waals surface area contributed by atoms with E-state index < -0.39 is 12.1 Å². The fourth-order valence-electron chi connectivity index (χ4n) is 1.85. The van der Waals surface area contributed by atoms with Crippen molar-refractivity contribution in [3.63, 3.8) is 0 Å². The van der Waals surface area contributed by atoms with Crippen molar-refractivity contribution in [3.8, 4) is 0 Å². The zero-order chi connectivity index (χ0) is 13.2. The topological polar surface area (TPSA) is 69.6 Å². The zero-order valence-corrected chi connectivity index (χ0v) is 9.12. The third kappa shape index (κ3) is 3.32. The van der Waals surface area contributed by atoms with Gasteiger partial charge >= 0.3 is 12.1 Å². The van der Waals surface area contributed by atoms with Gasteiger partial charge in [0, 0.05) is 26.1 Å². The standard InChI is InChI=1S/C7H12N2O.C2HF3O2/c1-5(10)9-3-2-6-7(9)4-8-6;3-2(4,5)1(6)7/h6-8H,2-4H2,1H3;(H,6,7)/t6-,7-;/m0./s1. The van der Waals surface area contributed by atoms with Crippen LogP contribution < -0.4 is 5.32 Å². The van der Waals surface area contributed by atoms with E-state index >= 15 is 0 Å². The minimum absolute atomic E-state index is 0.231. The number of alkyl halides is 3. The number of fused-ring (bicyclic) bond motifs is 1. The molecule has 1 amide bonds. The van der Waals surface area contributed by atoms with Gasteiger partial charge in [0.05, 0.1) is 6.04 Å². The molecular weight excluding hydrogens is 241 g/mol. The van der Waals surface area contributed by atoms with E-state index in [1.54, 1.807) is 6.92 Å². The molecule has 2 aliphatic heterocycles. The number of amides is 1. The maximum Gasteiger partial charge on any atom is 0.490 e. The Morgan fingerprint density at radius 2 is 1.94 bits per heavy atom. The quantitative estimate of drug-likeness (QED) is 0.648. The molecule has 2 heterocycles. The number of hydrogen-bond donors (Lipinski definition) is 2. The molecule has 0 radical (unpaired) electrons. The Kier molecular flexibility index (Phi) is 3.97. The number of carbonyl (C=O) groups is 2. The molecule has 0 spiro atoms. The van der Waals surface area contributed by atoms with E-state index in [0.717, 1.165) is 19.5 Å². The van der Waals surface area contributed by atoms with E-state index in [9.17, 15) is 18.0 Å². The highest BCUT2D eigenvalue weighted by molar-refractivity contribution is 5.74. The number of hydrogen-bond acceptors (Lipinski definition) is 3. The third-order valence-corrected chi connectivity index (χ3v) is 2.78. The van der Waals surface area contributed by atoms with Gasteiger partial charge in [0.1, 0.15) is 0 Å². The number of carboxylic acids is 1. The lowest BCUT2D eigenvalue weighted by Crippen LogP contribution is -2.60. The van der Waals surface area contributed by atoms with Crippen molar-refractivity contribution in [3.05, 3.63) is 0 Å². The van der Waals surface area contributed by atoms with Crippen LogP contribution in [-0.4, -0.2) is 53.2 Å². The summed E-state index contributed by atoms with van der Waals surface area (Å²) in [6, 6.07) is 1.14. The Labute approximate surface area is 95.6 Å². The Bertz CT molecular complexity index is 319. The number of nitrogens with one attached hydrogen (secondary N) is 1. The van der Waals surface area contributed by atoms with E-state index in [1.807, 2.05) is 4.90 Å². The average Bonchev–Trinajstić information content (AvgIpc) is 2.40.